The van der Waals surface area contributed by atoms with Crippen molar-refractivity contribution >= 4 is 17.6 Å². The molecule has 0 aliphatic heterocycles. The van der Waals surface area contributed by atoms with Gasteiger partial charge in [-0.1, -0.05) is 62.4 Å². The van der Waals surface area contributed by atoms with Gasteiger partial charge in [0.1, 0.15) is 6.61 Å². The first-order chi connectivity index (χ1) is 16.0. The number of esters is 1. The molecule has 0 radical (unpaired) electrons. The molecule has 6 nitrogen and oxygen atoms in total. The summed E-state index contributed by atoms with van der Waals surface area (Å²) in [5.41, 5.74) is 4.18. The molecule has 3 aromatic carbocycles. The number of para-hydroxylation sites is 1. The van der Waals surface area contributed by atoms with E-state index < -0.39 is 5.97 Å². The normalized spacial score (nSPS) is 10.4. The van der Waals surface area contributed by atoms with Gasteiger partial charge in [0, 0.05) is 5.69 Å². The van der Waals surface area contributed by atoms with Crippen LogP contribution in [0.3, 0.4) is 0 Å². The molecule has 172 valence electrons. The Morgan fingerprint density at radius 2 is 1.55 bits per heavy atom. The van der Waals surface area contributed by atoms with Gasteiger partial charge >= 0.3 is 5.97 Å². The van der Waals surface area contributed by atoms with Crippen LogP contribution in [-0.4, -0.2) is 25.6 Å². The van der Waals surface area contributed by atoms with Crippen LogP contribution in [0.4, 0.5) is 5.69 Å². The highest BCUT2D eigenvalue weighted by Crippen LogP contribution is 2.29. The van der Waals surface area contributed by atoms with Gasteiger partial charge in [-0.3, -0.25) is 4.79 Å². The van der Waals surface area contributed by atoms with Gasteiger partial charge in [0.2, 0.25) is 0 Å². The molecule has 3 rings (SSSR count). The molecule has 0 saturated carbocycles. The Morgan fingerprint density at radius 1 is 0.848 bits per heavy atom. The number of ether oxygens (including phenoxy) is 3. The van der Waals surface area contributed by atoms with Gasteiger partial charge in [-0.2, -0.15) is 0 Å². The minimum Gasteiger partial charge on any atom is -0.493 e. The zero-order chi connectivity index (χ0) is 23.6. The first kappa shape index (κ1) is 23.9. The first-order valence-corrected chi connectivity index (χ1v) is 11.0. The van der Waals surface area contributed by atoms with Crippen LogP contribution in [0, 0.1) is 0 Å². The van der Waals surface area contributed by atoms with Crippen LogP contribution in [0.25, 0.3) is 0 Å². The number of nitrogens with one attached hydrogen (secondary N) is 1. The Balaban J connectivity index is 1.60. The van der Waals surface area contributed by atoms with Crippen LogP contribution in [0.5, 0.6) is 11.5 Å². The number of amides is 1. The average Bonchev–Trinajstić information content (AvgIpc) is 2.86. The Hall–Kier alpha value is -3.80. The number of methoxy groups -OCH3 is 1. The molecule has 1 N–H and O–H groups in total. The lowest BCUT2D eigenvalue weighted by Gasteiger charge is -2.15. The predicted molar refractivity (Wildman–Crippen MR) is 128 cm³/mol. The highest BCUT2D eigenvalue weighted by Gasteiger charge is 2.16. The third kappa shape index (κ3) is 6.35. The number of hydrogen-bond acceptors (Lipinski definition) is 5. The van der Waals surface area contributed by atoms with Crippen molar-refractivity contribution in [1.82, 2.24) is 0 Å². The van der Waals surface area contributed by atoms with Crippen molar-refractivity contribution in [3.63, 3.8) is 0 Å². The quantitative estimate of drug-likeness (QED) is 0.433. The van der Waals surface area contributed by atoms with Crippen molar-refractivity contribution in [2.45, 2.75) is 33.3 Å². The number of carbonyl (C=O) groups is 2. The summed E-state index contributed by atoms with van der Waals surface area (Å²) in [5, 5.41) is 2.89. The van der Waals surface area contributed by atoms with Crippen LogP contribution in [0.15, 0.2) is 66.7 Å². The largest absolute Gasteiger partial charge is 0.493 e. The summed E-state index contributed by atoms with van der Waals surface area (Å²) in [6.45, 7) is 4.06. The maximum Gasteiger partial charge on any atom is 0.338 e. The fourth-order valence-corrected chi connectivity index (χ4v) is 3.44. The topological polar surface area (TPSA) is 73.9 Å². The molecule has 0 aliphatic carbocycles. The summed E-state index contributed by atoms with van der Waals surface area (Å²) in [6, 6.07) is 20.5. The molecule has 0 unspecified atom stereocenters. The van der Waals surface area contributed by atoms with E-state index >= 15 is 0 Å². The van der Waals surface area contributed by atoms with E-state index in [1.165, 1.54) is 7.11 Å². The lowest BCUT2D eigenvalue weighted by molar-refractivity contribution is -0.119. The number of aryl methyl sites for hydroxylation is 2. The van der Waals surface area contributed by atoms with E-state index in [0.717, 1.165) is 35.2 Å². The summed E-state index contributed by atoms with van der Waals surface area (Å²) in [6.07, 6.45) is 1.59. The highest BCUT2D eigenvalue weighted by atomic mass is 16.5. The molecule has 0 aliphatic rings. The van der Waals surface area contributed by atoms with Crippen molar-refractivity contribution in [3.05, 3.63) is 89.0 Å². The summed E-state index contributed by atoms with van der Waals surface area (Å²) in [7, 11) is 1.50. The molecule has 6 heteroatoms. The lowest BCUT2D eigenvalue weighted by Crippen LogP contribution is -2.22. The van der Waals surface area contributed by atoms with E-state index in [9.17, 15) is 9.59 Å². The molecular weight excluding hydrogens is 418 g/mol. The van der Waals surface area contributed by atoms with Crippen molar-refractivity contribution in [3.8, 4) is 11.5 Å². The second-order valence-corrected chi connectivity index (χ2v) is 7.42. The third-order valence-corrected chi connectivity index (χ3v) is 5.23. The maximum atomic E-state index is 12.5. The van der Waals surface area contributed by atoms with Gasteiger partial charge in [-0.05, 0) is 47.7 Å². The van der Waals surface area contributed by atoms with Crippen molar-refractivity contribution in [2.24, 2.45) is 0 Å². The second-order valence-electron chi connectivity index (χ2n) is 7.42. The smallest absolute Gasteiger partial charge is 0.338 e. The Kier molecular flexibility index (Phi) is 8.47. The number of hydrogen-bond donors (Lipinski definition) is 1. The van der Waals surface area contributed by atoms with Gasteiger partial charge in [0.15, 0.2) is 18.1 Å². The van der Waals surface area contributed by atoms with Crippen molar-refractivity contribution < 1.29 is 23.8 Å². The Bertz CT molecular complexity index is 1070. The maximum absolute atomic E-state index is 12.5. The highest BCUT2D eigenvalue weighted by molar-refractivity contribution is 5.96. The Labute approximate surface area is 194 Å². The molecule has 3 aromatic rings. The number of anilines is 1. The summed E-state index contributed by atoms with van der Waals surface area (Å²) < 4.78 is 16.4. The fraction of sp³-hybridized carbons (Fsp3) is 0.259. The molecule has 0 aromatic heterocycles. The fourth-order valence-electron chi connectivity index (χ4n) is 3.44. The number of rotatable bonds is 10. The second kappa shape index (κ2) is 11.7. The Morgan fingerprint density at radius 3 is 2.18 bits per heavy atom. The van der Waals surface area contributed by atoms with Crippen LogP contribution in [-0.2, 0) is 29.0 Å². The lowest BCUT2D eigenvalue weighted by atomic mass is 10.0. The predicted octanol–water partition coefficient (Wildman–Crippen LogP) is 5.19. The number of benzene rings is 3. The van der Waals surface area contributed by atoms with E-state index in [0.29, 0.717) is 18.1 Å². The molecular formula is C27H29NO5. The third-order valence-electron chi connectivity index (χ3n) is 5.23. The molecule has 0 fully saturated rings. The monoisotopic (exact) mass is 447 g/mol. The number of carbonyl (C=O) groups excluding carboxylic acids is 2. The van der Waals surface area contributed by atoms with Gasteiger partial charge in [-0.25, -0.2) is 4.79 Å². The first-order valence-electron chi connectivity index (χ1n) is 11.0. The summed E-state index contributed by atoms with van der Waals surface area (Å²) >= 11 is 0. The van der Waals surface area contributed by atoms with Gasteiger partial charge < -0.3 is 19.5 Å². The van der Waals surface area contributed by atoms with E-state index in [4.69, 9.17) is 14.2 Å². The molecule has 0 spiro atoms. The van der Waals surface area contributed by atoms with Crippen LogP contribution in [0.2, 0.25) is 0 Å². The minimum absolute atomic E-state index is 0.273. The van der Waals surface area contributed by atoms with Crippen LogP contribution < -0.4 is 14.8 Å². The van der Waals surface area contributed by atoms with E-state index in [-0.39, 0.29) is 18.1 Å². The summed E-state index contributed by atoms with van der Waals surface area (Å²) in [5.74, 6) is -0.0699. The van der Waals surface area contributed by atoms with Gasteiger partial charge in [0.25, 0.3) is 5.91 Å². The molecule has 0 saturated heterocycles. The van der Waals surface area contributed by atoms with E-state index in [1.54, 1.807) is 18.2 Å². The van der Waals surface area contributed by atoms with Crippen molar-refractivity contribution in [1.29, 1.82) is 0 Å². The molecule has 1 amide bonds. The van der Waals surface area contributed by atoms with Gasteiger partial charge in [-0.15, -0.1) is 0 Å². The zero-order valence-electron chi connectivity index (χ0n) is 19.2. The average molecular weight is 448 g/mol. The van der Waals surface area contributed by atoms with Crippen LogP contribution in [0.1, 0.15) is 40.9 Å². The standard InChI is InChI=1S/C27H29NO5/c1-4-20-12-9-13-21(5-2)26(20)28-25(29)18-33-27(30)22-14-15-23(24(16-22)31-3)32-17-19-10-7-6-8-11-19/h6-16H,4-5,17-18H2,1-3H3,(H,28,29). The molecule has 0 bridgehead atoms. The van der Waals surface area contributed by atoms with Crippen LogP contribution >= 0.6 is 0 Å². The zero-order valence-corrected chi connectivity index (χ0v) is 19.2. The summed E-state index contributed by atoms with van der Waals surface area (Å²) in [4.78, 5) is 25.0. The van der Waals surface area contributed by atoms with E-state index in [2.05, 4.69) is 5.32 Å². The molecule has 33 heavy (non-hydrogen) atoms. The SMILES string of the molecule is CCc1cccc(CC)c1NC(=O)COC(=O)c1ccc(OCc2ccccc2)c(OC)c1. The van der Waals surface area contributed by atoms with E-state index in [1.807, 2.05) is 62.4 Å². The minimum atomic E-state index is -0.613. The molecule has 0 atom stereocenters. The van der Waals surface area contributed by atoms with Crippen molar-refractivity contribution in [2.75, 3.05) is 19.0 Å². The molecule has 0 heterocycles. The van der Waals surface area contributed by atoms with Gasteiger partial charge in [0.05, 0.1) is 12.7 Å².